The van der Waals surface area contributed by atoms with E-state index in [4.69, 9.17) is 4.74 Å². The quantitative estimate of drug-likeness (QED) is 0.692. The van der Waals surface area contributed by atoms with Crippen molar-refractivity contribution in [2.75, 3.05) is 6.61 Å². The summed E-state index contributed by atoms with van der Waals surface area (Å²) in [6.45, 7) is 4.69. The highest BCUT2D eigenvalue weighted by atomic mass is 16.5. The van der Waals surface area contributed by atoms with Crippen LogP contribution in [0.2, 0.25) is 0 Å². The number of hydrogen-bond acceptors (Lipinski definition) is 4. The standard InChI is InChI=1S/C22H23N3O2/c1-16(2)18-5-7-20(8-6-18)27-15-22(26)25-13-17-9-11-24-21(12-17)19-4-3-10-23-14-19/h3-12,14,16H,13,15H2,1-2H3,(H,25,26). The molecule has 5 heteroatoms. The molecule has 0 aliphatic heterocycles. The van der Waals surface area contributed by atoms with Gasteiger partial charge in [0, 0.05) is 30.7 Å². The van der Waals surface area contributed by atoms with Crippen LogP contribution in [0.15, 0.2) is 67.1 Å². The van der Waals surface area contributed by atoms with Gasteiger partial charge in [-0.25, -0.2) is 0 Å². The summed E-state index contributed by atoms with van der Waals surface area (Å²) in [5, 5.41) is 2.87. The summed E-state index contributed by atoms with van der Waals surface area (Å²) in [7, 11) is 0. The van der Waals surface area contributed by atoms with Gasteiger partial charge in [-0.3, -0.25) is 14.8 Å². The predicted molar refractivity (Wildman–Crippen MR) is 105 cm³/mol. The van der Waals surface area contributed by atoms with E-state index in [-0.39, 0.29) is 12.5 Å². The van der Waals surface area contributed by atoms with Gasteiger partial charge in [-0.05, 0) is 53.4 Å². The van der Waals surface area contributed by atoms with Crippen molar-refractivity contribution < 1.29 is 9.53 Å². The Morgan fingerprint density at radius 3 is 2.63 bits per heavy atom. The number of carbonyl (C=O) groups excluding carboxylic acids is 1. The minimum absolute atomic E-state index is 0.0123. The first kappa shape index (κ1) is 18.6. The minimum Gasteiger partial charge on any atom is -0.484 e. The number of aromatic nitrogens is 2. The summed E-state index contributed by atoms with van der Waals surface area (Å²) >= 11 is 0. The van der Waals surface area contributed by atoms with E-state index in [1.54, 1.807) is 18.6 Å². The van der Waals surface area contributed by atoms with E-state index < -0.39 is 0 Å². The van der Waals surface area contributed by atoms with Crippen LogP contribution in [0.3, 0.4) is 0 Å². The average Bonchev–Trinajstić information content (AvgIpc) is 2.72. The van der Waals surface area contributed by atoms with Gasteiger partial charge < -0.3 is 10.1 Å². The van der Waals surface area contributed by atoms with Crippen LogP contribution >= 0.6 is 0 Å². The zero-order valence-electron chi connectivity index (χ0n) is 15.6. The lowest BCUT2D eigenvalue weighted by molar-refractivity contribution is -0.123. The van der Waals surface area contributed by atoms with Crippen molar-refractivity contribution in [1.82, 2.24) is 15.3 Å². The summed E-state index contributed by atoms with van der Waals surface area (Å²) in [5.74, 6) is 0.999. The van der Waals surface area contributed by atoms with E-state index in [1.165, 1.54) is 5.56 Å². The second-order valence-electron chi connectivity index (χ2n) is 6.58. The first-order valence-corrected chi connectivity index (χ1v) is 8.96. The van der Waals surface area contributed by atoms with Crippen molar-refractivity contribution in [1.29, 1.82) is 0 Å². The van der Waals surface area contributed by atoms with Crippen molar-refractivity contribution in [2.45, 2.75) is 26.3 Å². The first-order chi connectivity index (χ1) is 13.1. The molecule has 1 aromatic carbocycles. The number of carbonyl (C=O) groups is 1. The fraction of sp³-hybridized carbons (Fsp3) is 0.227. The average molecular weight is 361 g/mol. The van der Waals surface area contributed by atoms with Crippen LogP contribution in [0.25, 0.3) is 11.3 Å². The maximum atomic E-state index is 12.1. The molecule has 2 aromatic heterocycles. The van der Waals surface area contributed by atoms with Gasteiger partial charge in [-0.1, -0.05) is 26.0 Å². The highest BCUT2D eigenvalue weighted by molar-refractivity contribution is 5.77. The van der Waals surface area contributed by atoms with Crippen molar-refractivity contribution >= 4 is 5.91 Å². The van der Waals surface area contributed by atoms with Crippen LogP contribution in [-0.4, -0.2) is 22.5 Å². The van der Waals surface area contributed by atoms with Gasteiger partial charge in [0.25, 0.3) is 5.91 Å². The molecule has 0 unspecified atom stereocenters. The highest BCUT2D eigenvalue weighted by Crippen LogP contribution is 2.18. The maximum Gasteiger partial charge on any atom is 0.258 e. The number of ether oxygens (including phenoxy) is 1. The number of nitrogens with one attached hydrogen (secondary N) is 1. The molecule has 3 aromatic rings. The van der Waals surface area contributed by atoms with Crippen LogP contribution in [0.5, 0.6) is 5.75 Å². The van der Waals surface area contributed by atoms with Gasteiger partial charge >= 0.3 is 0 Å². The Hall–Kier alpha value is -3.21. The lowest BCUT2D eigenvalue weighted by Crippen LogP contribution is -2.28. The maximum absolute atomic E-state index is 12.1. The van der Waals surface area contributed by atoms with Crippen LogP contribution in [-0.2, 0) is 11.3 Å². The number of pyridine rings is 2. The van der Waals surface area contributed by atoms with Gasteiger partial charge in [-0.15, -0.1) is 0 Å². The largest absolute Gasteiger partial charge is 0.484 e. The third-order valence-electron chi connectivity index (χ3n) is 4.19. The van der Waals surface area contributed by atoms with Crippen LogP contribution in [0.4, 0.5) is 0 Å². The minimum atomic E-state index is -0.164. The molecule has 0 saturated carbocycles. The van der Waals surface area contributed by atoms with Gasteiger partial charge in [-0.2, -0.15) is 0 Å². The van der Waals surface area contributed by atoms with Crippen molar-refractivity contribution in [3.05, 3.63) is 78.2 Å². The second-order valence-corrected chi connectivity index (χ2v) is 6.58. The van der Waals surface area contributed by atoms with Gasteiger partial charge in [0.2, 0.25) is 0 Å². The van der Waals surface area contributed by atoms with Crippen molar-refractivity contribution in [2.24, 2.45) is 0 Å². The molecule has 5 nitrogen and oxygen atoms in total. The molecule has 0 aliphatic carbocycles. The number of amides is 1. The molecule has 3 rings (SSSR count). The summed E-state index contributed by atoms with van der Waals surface area (Å²) in [6, 6.07) is 15.5. The summed E-state index contributed by atoms with van der Waals surface area (Å²) < 4.78 is 5.55. The number of rotatable bonds is 7. The lowest BCUT2D eigenvalue weighted by atomic mass is 10.0. The van der Waals surface area contributed by atoms with E-state index in [2.05, 4.69) is 29.1 Å². The number of benzene rings is 1. The Balaban J connectivity index is 1.50. The Morgan fingerprint density at radius 2 is 1.93 bits per heavy atom. The van der Waals surface area contributed by atoms with Crippen molar-refractivity contribution in [3.63, 3.8) is 0 Å². The predicted octanol–water partition coefficient (Wildman–Crippen LogP) is 3.96. The summed E-state index contributed by atoms with van der Waals surface area (Å²) in [5.41, 5.74) is 3.99. The van der Waals surface area contributed by atoms with Gasteiger partial charge in [0.05, 0.1) is 5.69 Å². The normalized spacial score (nSPS) is 10.6. The lowest BCUT2D eigenvalue weighted by Gasteiger charge is -2.10. The smallest absolute Gasteiger partial charge is 0.258 e. The van der Waals surface area contributed by atoms with E-state index in [9.17, 15) is 4.79 Å². The van der Waals surface area contributed by atoms with Crippen LogP contribution in [0.1, 0.15) is 30.9 Å². The van der Waals surface area contributed by atoms with E-state index in [0.29, 0.717) is 18.2 Å². The molecule has 1 amide bonds. The Labute approximate surface area is 159 Å². The third-order valence-corrected chi connectivity index (χ3v) is 4.19. The fourth-order valence-corrected chi connectivity index (χ4v) is 2.61. The molecule has 27 heavy (non-hydrogen) atoms. The van der Waals surface area contributed by atoms with E-state index in [0.717, 1.165) is 16.8 Å². The summed E-state index contributed by atoms with van der Waals surface area (Å²) in [4.78, 5) is 20.5. The van der Waals surface area contributed by atoms with E-state index in [1.807, 2.05) is 48.5 Å². The number of nitrogens with zero attached hydrogens (tertiary/aromatic N) is 2. The Bertz CT molecular complexity index is 878. The van der Waals surface area contributed by atoms with E-state index >= 15 is 0 Å². The Morgan fingerprint density at radius 1 is 1.11 bits per heavy atom. The molecular weight excluding hydrogens is 338 g/mol. The molecular formula is C22H23N3O2. The molecule has 1 N–H and O–H groups in total. The Kier molecular flexibility index (Phi) is 6.15. The first-order valence-electron chi connectivity index (χ1n) is 8.96. The van der Waals surface area contributed by atoms with Crippen LogP contribution in [0, 0.1) is 0 Å². The highest BCUT2D eigenvalue weighted by Gasteiger charge is 2.06. The molecule has 0 spiro atoms. The van der Waals surface area contributed by atoms with Gasteiger partial charge in [0.1, 0.15) is 5.75 Å². The molecule has 0 bridgehead atoms. The monoisotopic (exact) mass is 361 g/mol. The molecule has 0 saturated heterocycles. The molecule has 0 fully saturated rings. The summed E-state index contributed by atoms with van der Waals surface area (Å²) in [6.07, 6.45) is 5.23. The zero-order chi connectivity index (χ0) is 19.1. The van der Waals surface area contributed by atoms with Gasteiger partial charge in [0.15, 0.2) is 6.61 Å². The molecule has 138 valence electrons. The third kappa shape index (κ3) is 5.38. The molecule has 0 aliphatic rings. The molecule has 0 radical (unpaired) electrons. The zero-order valence-corrected chi connectivity index (χ0v) is 15.6. The molecule has 0 atom stereocenters. The SMILES string of the molecule is CC(C)c1ccc(OCC(=O)NCc2ccnc(-c3cccnc3)c2)cc1. The fourth-order valence-electron chi connectivity index (χ4n) is 2.61. The van der Waals surface area contributed by atoms with Crippen molar-refractivity contribution in [3.8, 4) is 17.0 Å². The van der Waals surface area contributed by atoms with Crippen LogP contribution < -0.4 is 10.1 Å². The topological polar surface area (TPSA) is 64.1 Å². The number of hydrogen-bond donors (Lipinski definition) is 1. The second kappa shape index (κ2) is 8.94. The molecule has 2 heterocycles.